The van der Waals surface area contributed by atoms with Gasteiger partial charge in [-0.3, -0.25) is 0 Å². The van der Waals surface area contributed by atoms with E-state index in [1.807, 2.05) is 20.8 Å². The van der Waals surface area contributed by atoms with E-state index in [2.05, 4.69) is 17.5 Å². The number of benzene rings is 1. The number of nitriles is 2. The highest BCUT2D eigenvalue weighted by molar-refractivity contribution is 5.89. The summed E-state index contributed by atoms with van der Waals surface area (Å²) in [7, 11) is 1.31. The first-order valence-corrected chi connectivity index (χ1v) is 11.3. The van der Waals surface area contributed by atoms with Crippen molar-refractivity contribution in [2.45, 2.75) is 52.1 Å². The van der Waals surface area contributed by atoms with Gasteiger partial charge in [-0.15, -0.1) is 0 Å². The van der Waals surface area contributed by atoms with Crippen LogP contribution >= 0.6 is 0 Å². The van der Waals surface area contributed by atoms with Crippen LogP contribution in [0.25, 0.3) is 0 Å². The van der Waals surface area contributed by atoms with Gasteiger partial charge in [-0.05, 0) is 58.2 Å². The predicted molar refractivity (Wildman–Crippen MR) is 125 cm³/mol. The number of hydrogen-bond acceptors (Lipinski definition) is 7. The first-order valence-electron chi connectivity index (χ1n) is 11.3. The zero-order chi connectivity index (χ0) is 25.0. The fourth-order valence-electron chi connectivity index (χ4n) is 4.45. The number of nitrogens with zero attached hydrogens (tertiary/aromatic N) is 3. The molecule has 0 aromatic heterocycles. The Labute approximate surface area is 200 Å². The number of esters is 1. The minimum Gasteiger partial charge on any atom is -0.465 e. The smallest absolute Gasteiger partial charge is 0.410 e. The lowest BCUT2D eigenvalue weighted by Crippen LogP contribution is -2.45. The third-order valence-electron chi connectivity index (χ3n) is 5.96. The fraction of sp³-hybridized carbons (Fsp3) is 0.462. The molecule has 0 bridgehead atoms. The van der Waals surface area contributed by atoms with E-state index in [4.69, 9.17) is 9.47 Å². The van der Waals surface area contributed by atoms with Crippen LogP contribution < -0.4 is 5.32 Å². The number of dihydropyridines is 1. The molecule has 1 aromatic carbocycles. The molecular weight excluding hydrogens is 432 g/mol. The Kier molecular flexibility index (Phi) is 7.32. The Balaban J connectivity index is 2.01. The van der Waals surface area contributed by atoms with Crippen LogP contribution in [-0.2, 0) is 9.47 Å². The Morgan fingerprint density at radius 2 is 1.88 bits per heavy atom. The summed E-state index contributed by atoms with van der Waals surface area (Å²) in [5, 5.41) is 23.4. The van der Waals surface area contributed by atoms with Crippen LogP contribution in [0.4, 0.5) is 4.79 Å². The van der Waals surface area contributed by atoms with Crippen molar-refractivity contribution < 1.29 is 19.1 Å². The Bertz CT molecular complexity index is 1130. The van der Waals surface area contributed by atoms with Crippen LogP contribution in [0.2, 0.25) is 0 Å². The second-order valence-electron chi connectivity index (χ2n) is 9.53. The van der Waals surface area contributed by atoms with Gasteiger partial charge in [-0.25, -0.2) is 9.59 Å². The van der Waals surface area contributed by atoms with E-state index < -0.39 is 17.5 Å². The lowest BCUT2D eigenvalue weighted by molar-refractivity contribution is 0.0179. The number of ether oxygens (including phenoxy) is 2. The highest BCUT2D eigenvalue weighted by Crippen LogP contribution is 2.41. The maximum Gasteiger partial charge on any atom is 0.410 e. The van der Waals surface area contributed by atoms with Crippen LogP contribution in [0.3, 0.4) is 0 Å². The molecule has 34 heavy (non-hydrogen) atoms. The van der Waals surface area contributed by atoms with Crippen LogP contribution in [0, 0.1) is 28.6 Å². The number of rotatable bonds is 3. The van der Waals surface area contributed by atoms with E-state index in [-0.39, 0.29) is 12.0 Å². The highest BCUT2D eigenvalue weighted by Gasteiger charge is 2.36. The molecule has 3 rings (SSSR count). The van der Waals surface area contributed by atoms with Crippen molar-refractivity contribution in [1.82, 2.24) is 10.2 Å². The number of allylic oxidation sites excluding steroid dienone is 3. The van der Waals surface area contributed by atoms with Crippen LogP contribution in [0.1, 0.15) is 62.4 Å². The number of methoxy groups -OCH3 is 1. The summed E-state index contributed by atoms with van der Waals surface area (Å²) >= 11 is 0. The monoisotopic (exact) mass is 462 g/mol. The third kappa shape index (κ3) is 5.23. The molecule has 0 spiro atoms. The largest absolute Gasteiger partial charge is 0.465 e. The summed E-state index contributed by atoms with van der Waals surface area (Å²) in [6, 6.07) is 11.4. The van der Waals surface area contributed by atoms with Gasteiger partial charge in [-0.1, -0.05) is 12.1 Å². The third-order valence-corrected chi connectivity index (χ3v) is 5.96. The molecule has 2 heterocycles. The number of carbonyl (C=O) groups is 2. The van der Waals surface area contributed by atoms with Gasteiger partial charge in [0.15, 0.2) is 0 Å². The molecular formula is C26H30N4O4. The molecule has 8 nitrogen and oxygen atoms in total. The SMILES string of the molecule is COC(=O)c1cccc(C2C(C#N)=C(C)NC(C3CCCN(C(=O)OC(C)(C)C)C3)=C2C#N)c1. The standard InChI is InChI=1S/C26H30N4O4/c1-16-20(13-27)22(17-8-6-9-18(12-17)24(31)33-5)21(14-28)23(29-16)19-10-7-11-30(15-19)25(32)34-26(2,3)4/h6,8-9,12,19,22,29H,7,10-11,15H2,1-5H3. The van der Waals surface area contributed by atoms with Crippen molar-refractivity contribution in [2.75, 3.05) is 20.2 Å². The minimum absolute atomic E-state index is 0.114. The van der Waals surface area contributed by atoms with E-state index in [9.17, 15) is 20.1 Å². The molecule has 2 atom stereocenters. The Morgan fingerprint density at radius 1 is 1.18 bits per heavy atom. The van der Waals surface area contributed by atoms with Crippen molar-refractivity contribution in [3.63, 3.8) is 0 Å². The van der Waals surface area contributed by atoms with Gasteiger partial charge >= 0.3 is 12.1 Å². The van der Waals surface area contributed by atoms with E-state index in [1.54, 1.807) is 36.1 Å². The van der Waals surface area contributed by atoms with Crippen molar-refractivity contribution in [3.8, 4) is 12.1 Å². The van der Waals surface area contributed by atoms with Gasteiger partial charge in [-0.2, -0.15) is 10.5 Å². The second-order valence-corrected chi connectivity index (χ2v) is 9.53. The Hall–Kier alpha value is -3.78. The molecule has 0 saturated carbocycles. The average Bonchev–Trinajstić information content (AvgIpc) is 2.81. The molecule has 1 amide bonds. The van der Waals surface area contributed by atoms with E-state index in [0.29, 0.717) is 46.8 Å². The van der Waals surface area contributed by atoms with Gasteiger partial charge in [0.1, 0.15) is 5.60 Å². The van der Waals surface area contributed by atoms with Crippen molar-refractivity contribution in [2.24, 2.45) is 5.92 Å². The maximum atomic E-state index is 12.7. The molecule has 1 N–H and O–H groups in total. The van der Waals surface area contributed by atoms with Gasteiger partial charge in [0.25, 0.3) is 0 Å². The number of carbonyl (C=O) groups excluding carboxylic acids is 2. The minimum atomic E-state index is -0.618. The van der Waals surface area contributed by atoms with Crippen LogP contribution in [-0.4, -0.2) is 42.8 Å². The van der Waals surface area contributed by atoms with Gasteiger partial charge in [0.05, 0.1) is 41.9 Å². The van der Waals surface area contributed by atoms with Crippen molar-refractivity contribution >= 4 is 12.1 Å². The zero-order valence-electron chi connectivity index (χ0n) is 20.3. The summed E-state index contributed by atoms with van der Waals surface area (Å²) in [6.07, 6.45) is 1.18. The summed E-state index contributed by atoms with van der Waals surface area (Å²) in [5.74, 6) is -1.22. The topological polar surface area (TPSA) is 115 Å². The van der Waals surface area contributed by atoms with Crippen LogP contribution in [0.5, 0.6) is 0 Å². The van der Waals surface area contributed by atoms with Gasteiger partial charge in [0.2, 0.25) is 0 Å². The van der Waals surface area contributed by atoms with Gasteiger partial charge in [0, 0.05) is 30.4 Å². The van der Waals surface area contributed by atoms with Crippen molar-refractivity contribution in [1.29, 1.82) is 10.5 Å². The molecule has 2 aliphatic heterocycles. The average molecular weight is 463 g/mol. The molecule has 1 aromatic rings. The molecule has 8 heteroatoms. The number of hydrogen-bond donors (Lipinski definition) is 1. The highest BCUT2D eigenvalue weighted by atomic mass is 16.6. The molecule has 1 fully saturated rings. The zero-order valence-corrected chi connectivity index (χ0v) is 20.3. The molecule has 0 aliphatic carbocycles. The molecule has 2 unspecified atom stereocenters. The molecule has 2 aliphatic rings. The summed E-state index contributed by atoms with van der Waals surface area (Å²) < 4.78 is 10.4. The van der Waals surface area contributed by atoms with Gasteiger partial charge < -0.3 is 19.7 Å². The predicted octanol–water partition coefficient (Wildman–Crippen LogP) is 4.38. The van der Waals surface area contributed by atoms with Crippen LogP contribution in [0.15, 0.2) is 46.8 Å². The normalized spacial score (nSPS) is 20.7. The van der Waals surface area contributed by atoms with Crippen molar-refractivity contribution in [3.05, 3.63) is 57.9 Å². The number of amides is 1. The number of piperidine rings is 1. The second kappa shape index (κ2) is 10.0. The van der Waals surface area contributed by atoms with E-state index in [1.165, 1.54) is 7.11 Å². The quantitative estimate of drug-likeness (QED) is 0.663. The lowest BCUT2D eigenvalue weighted by atomic mass is 9.78. The summed E-state index contributed by atoms with van der Waals surface area (Å²) in [6.45, 7) is 8.29. The number of nitrogens with one attached hydrogen (secondary N) is 1. The summed E-state index contributed by atoms with van der Waals surface area (Å²) in [4.78, 5) is 26.4. The first kappa shape index (κ1) is 24.9. The van der Waals surface area contributed by atoms with E-state index >= 15 is 0 Å². The summed E-state index contributed by atoms with van der Waals surface area (Å²) in [5.41, 5.74) is 2.61. The molecule has 1 saturated heterocycles. The van der Waals surface area contributed by atoms with E-state index in [0.717, 1.165) is 12.8 Å². The molecule has 0 radical (unpaired) electrons. The lowest BCUT2D eigenvalue weighted by Gasteiger charge is -2.38. The number of likely N-dealkylation sites (tertiary alicyclic amines) is 1. The molecule has 178 valence electrons. The fourth-order valence-corrected chi connectivity index (χ4v) is 4.45. The first-order chi connectivity index (χ1) is 16.1. The Morgan fingerprint density at radius 3 is 2.50 bits per heavy atom. The maximum absolute atomic E-state index is 12.7.